The summed E-state index contributed by atoms with van der Waals surface area (Å²) in [6.07, 6.45) is -0.260. The molecule has 0 aromatic heterocycles. The Labute approximate surface area is 126 Å². The Kier molecular flexibility index (Phi) is 5.68. The molecule has 0 saturated carbocycles. The Bertz CT molecular complexity index is 658. The highest BCUT2D eigenvalue weighted by atomic mass is 35.5. The lowest BCUT2D eigenvalue weighted by Gasteiger charge is -2.12. The van der Waals surface area contributed by atoms with Crippen LogP contribution in [0.5, 0.6) is 0 Å². The van der Waals surface area contributed by atoms with E-state index in [9.17, 15) is 23.3 Å². The number of nitro benzene ring substituents is 1. The zero-order valence-corrected chi connectivity index (χ0v) is 13.0. The molecule has 1 rings (SSSR count). The van der Waals surface area contributed by atoms with Gasteiger partial charge in [0, 0.05) is 12.1 Å². The summed E-state index contributed by atoms with van der Waals surface area (Å²) in [5.74, 6) is -1.02. The van der Waals surface area contributed by atoms with Crippen LogP contribution in [0.2, 0.25) is 5.02 Å². The summed E-state index contributed by atoms with van der Waals surface area (Å²) in [6, 6.07) is 3.57. The molecule has 1 aromatic rings. The van der Waals surface area contributed by atoms with E-state index in [-0.39, 0.29) is 22.7 Å². The summed E-state index contributed by atoms with van der Waals surface area (Å²) in [4.78, 5) is 21.1. The van der Waals surface area contributed by atoms with Crippen molar-refractivity contribution in [1.82, 2.24) is 0 Å². The Hall–Kier alpha value is -1.67. The minimum Gasteiger partial charge on any atom is -0.469 e. The van der Waals surface area contributed by atoms with Crippen molar-refractivity contribution in [3.63, 3.8) is 0 Å². The topological polar surface area (TPSA) is 104 Å². The number of methoxy groups -OCH3 is 1. The maximum absolute atomic E-state index is 12.1. The van der Waals surface area contributed by atoms with Gasteiger partial charge in [-0.3, -0.25) is 14.9 Å². The van der Waals surface area contributed by atoms with Gasteiger partial charge in [0.15, 0.2) is 9.84 Å². The zero-order chi connectivity index (χ0) is 16.2. The molecule has 116 valence electrons. The van der Waals surface area contributed by atoms with Crippen LogP contribution in [-0.2, 0) is 25.1 Å². The minimum atomic E-state index is -3.63. The second kappa shape index (κ2) is 6.86. The van der Waals surface area contributed by atoms with E-state index in [2.05, 4.69) is 4.74 Å². The number of halogens is 1. The molecular formula is C12H14ClNO6S. The fraction of sp³-hybridized carbons (Fsp3) is 0.417. The van der Waals surface area contributed by atoms with Crippen LogP contribution in [0, 0.1) is 10.1 Å². The number of nitro groups is 1. The molecule has 7 nitrogen and oxygen atoms in total. The summed E-state index contributed by atoms with van der Waals surface area (Å²) in [5.41, 5.74) is 0.0303. The van der Waals surface area contributed by atoms with Crippen molar-refractivity contribution in [2.75, 3.05) is 7.11 Å². The van der Waals surface area contributed by atoms with Crippen LogP contribution in [0.15, 0.2) is 18.2 Å². The first-order chi connectivity index (χ1) is 9.67. The molecule has 0 fully saturated rings. The van der Waals surface area contributed by atoms with Crippen molar-refractivity contribution in [2.24, 2.45) is 0 Å². The molecule has 0 bridgehead atoms. The van der Waals surface area contributed by atoms with E-state index in [0.29, 0.717) is 0 Å². The molecule has 1 aromatic carbocycles. The molecule has 1 unspecified atom stereocenters. The lowest BCUT2D eigenvalue weighted by Crippen LogP contribution is -2.23. The largest absolute Gasteiger partial charge is 0.469 e. The average Bonchev–Trinajstić information content (AvgIpc) is 2.40. The standard InChI is InChI=1S/C12H14ClNO6S/c1-8(5-12(15)20-2)21(18,19)7-9-3-4-10(14(16)17)6-11(9)13/h3-4,6,8H,5,7H2,1-2H3. The first-order valence-corrected chi connectivity index (χ1v) is 7.98. The summed E-state index contributed by atoms with van der Waals surface area (Å²) >= 11 is 5.86. The lowest BCUT2D eigenvalue weighted by atomic mass is 10.2. The maximum Gasteiger partial charge on any atom is 0.306 e. The third kappa shape index (κ3) is 4.68. The first-order valence-electron chi connectivity index (χ1n) is 5.88. The van der Waals surface area contributed by atoms with Gasteiger partial charge in [-0.05, 0) is 18.6 Å². The van der Waals surface area contributed by atoms with Crippen LogP contribution in [0.25, 0.3) is 0 Å². The molecule has 0 radical (unpaired) electrons. The van der Waals surface area contributed by atoms with Gasteiger partial charge in [0.25, 0.3) is 5.69 Å². The van der Waals surface area contributed by atoms with Crippen molar-refractivity contribution in [3.05, 3.63) is 38.9 Å². The van der Waals surface area contributed by atoms with E-state index in [0.717, 1.165) is 6.07 Å². The van der Waals surface area contributed by atoms with Crippen LogP contribution in [-0.4, -0.2) is 31.7 Å². The summed E-state index contributed by atoms with van der Waals surface area (Å²) in [7, 11) is -2.45. The highest BCUT2D eigenvalue weighted by molar-refractivity contribution is 7.91. The molecule has 0 aliphatic carbocycles. The SMILES string of the molecule is COC(=O)CC(C)S(=O)(=O)Cc1ccc([N+](=O)[O-])cc1Cl. The fourth-order valence-corrected chi connectivity index (χ4v) is 3.25. The smallest absolute Gasteiger partial charge is 0.306 e. The number of hydrogen-bond acceptors (Lipinski definition) is 6. The Morgan fingerprint density at radius 1 is 1.48 bits per heavy atom. The number of esters is 1. The third-order valence-electron chi connectivity index (χ3n) is 2.90. The number of sulfone groups is 1. The Morgan fingerprint density at radius 3 is 2.57 bits per heavy atom. The van der Waals surface area contributed by atoms with Gasteiger partial charge < -0.3 is 4.74 Å². The molecule has 0 N–H and O–H groups in total. The number of nitrogens with zero attached hydrogens (tertiary/aromatic N) is 1. The average molecular weight is 336 g/mol. The number of ether oxygens (including phenoxy) is 1. The molecule has 0 amide bonds. The number of carbonyl (C=O) groups is 1. The van der Waals surface area contributed by atoms with Crippen LogP contribution in [0.3, 0.4) is 0 Å². The molecule has 0 spiro atoms. The highest BCUT2D eigenvalue weighted by Crippen LogP contribution is 2.25. The van der Waals surface area contributed by atoms with Crippen LogP contribution < -0.4 is 0 Å². The van der Waals surface area contributed by atoms with Crippen molar-refractivity contribution in [2.45, 2.75) is 24.3 Å². The van der Waals surface area contributed by atoms with Gasteiger partial charge in [-0.1, -0.05) is 11.6 Å². The van der Waals surface area contributed by atoms with Crippen molar-refractivity contribution >= 4 is 33.1 Å². The van der Waals surface area contributed by atoms with Gasteiger partial charge in [-0.15, -0.1) is 0 Å². The van der Waals surface area contributed by atoms with Crippen molar-refractivity contribution in [3.8, 4) is 0 Å². The number of non-ortho nitro benzene ring substituents is 1. The van der Waals surface area contributed by atoms with Gasteiger partial charge in [0.05, 0.1) is 34.5 Å². The second-order valence-corrected chi connectivity index (χ2v) is 7.26. The van der Waals surface area contributed by atoms with E-state index in [1.807, 2.05) is 0 Å². The van der Waals surface area contributed by atoms with Crippen LogP contribution >= 0.6 is 11.6 Å². The molecule has 0 aliphatic heterocycles. The van der Waals surface area contributed by atoms with E-state index in [1.165, 1.54) is 26.2 Å². The normalized spacial score (nSPS) is 12.7. The molecule has 1 atom stereocenters. The summed E-state index contributed by atoms with van der Waals surface area (Å²) in [5, 5.41) is 9.65. The van der Waals surface area contributed by atoms with Crippen LogP contribution in [0.1, 0.15) is 18.9 Å². The maximum atomic E-state index is 12.1. The third-order valence-corrected chi connectivity index (χ3v) is 5.36. The number of carbonyl (C=O) groups excluding carboxylic acids is 1. The number of benzene rings is 1. The van der Waals surface area contributed by atoms with E-state index in [1.54, 1.807) is 0 Å². The van der Waals surface area contributed by atoms with Gasteiger partial charge >= 0.3 is 5.97 Å². The molecule has 0 heterocycles. The van der Waals surface area contributed by atoms with Crippen molar-refractivity contribution in [1.29, 1.82) is 0 Å². The Balaban J connectivity index is 2.94. The fourth-order valence-electron chi connectivity index (χ4n) is 1.57. The predicted molar refractivity (Wildman–Crippen MR) is 76.8 cm³/mol. The predicted octanol–water partition coefficient (Wildman–Crippen LogP) is 2.11. The summed E-state index contributed by atoms with van der Waals surface area (Å²) < 4.78 is 28.7. The van der Waals surface area contributed by atoms with Gasteiger partial charge in [-0.2, -0.15) is 0 Å². The van der Waals surface area contributed by atoms with Gasteiger partial charge in [-0.25, -0.2) is 8.42 Å². The first kappa shape index (κ1) is 17.4. The molecule has 0 aliphatic rings. The van der Waals surface area contributed by atoms with E-state index < -0.39 is 31.7 Å². The molecule has 9 heteroatoms. The molecule has 21 heavy (non-hydrogen) atoms. The second-order valence-electron chi connectivity index (χ2n) is 4.43. The van der Waals surface area contributed by atoms with Crippen LogP contribution in [0.4, 0.5) is 5.69 Å². The van der Waals surface area contributed by atoms with E-state index in [4.69, 9.17) is 11.6 Å². The number of hydrogen-bond donors (Lipinski definition) is 0. The minimum absolute atomic E-state index is 0.00181. The highest BCUT2D eigenvalue weighted by Gasteiger charge is 2.25. The summed E-state index contributed by atoms with van der Waals surface area (Å²) in [6.45, 7) is 1.39. The monoisotopic (exact) mass is 335 g/mol. The zero-order valence-electron chi connectivity index (χ0n) is 11.4. The lowest BCUT2D eigenvalue weighted by molar-refractivity contribution is -0.384. The molecule has 0 saturated heterocycles. The Morgan fingerprint density at radius 2 is 2.10 bits per heavy atom. The quantitative estimate of drug-likeness (QED) is 0.448. The van der Waals surface area contributed by atoms with E-state index >= 15 is 0 Å². The van der Waals surface area contributed by atoms with Crippen molar-refractivity contribution < 1.29 is 22.9 Å². The number of rotatable bonds is 6. The molecular weight excluding hydrogens is 322 g/mol. The van der Waals surface area contributed by atoms with Gasteiger partial charge in [0.1, 0.15) is 0 Å². The van der Waals surface area contributed by atoms with Gasteiger partial charge in [0.2, 0.25) is 0 Å².